The van der Waals surface area contributed by atoms with Crippen molar-refractivity contribution in [2.45, 2.75) is 31.9 Å². The lowest BCUT2D eigenvalue weighted by Crippen LogP contribution is -2.32. The molecule has 0 saturated heterocycles. The zero-order valence-electron chi connectivity index (χ0n) is 9.40. The number of carboxylic acid groups (broad SMARTS) is 1. The molecule has 1 fully saturated rings. The number of phenolic OH excluding ortho intramolecular Hbond substituents is 1. The minimum atomic E-state index is -1.51. The Kier molecular flexibility index (Phi) is 3.05. The quantitative estimate of drug-likeness (QED) is 0.850. The Hall–Kier alpha value is -1.58. The first-order valence-electron chi connectivity index (χ1n) is 5.73. The van der Waals surface area contributed by atoms with Gasteiger partial charge in [-0.05, 0) is 30.5 Å². The number of aliphatic carboxylic acids is 1. The van der Waals surface area contributed by atoms with E-state index in [1.807, 2.05) is 0 Å². The van der Waals surface area contributed by atoms with Crippen LogP contribution in [0.4, 0.5) is 4.39 Å². The highest BCUT2D eigenvalue weighted by Crippen LogP contribution is 2.49. The third-order valence-corrected chi connectivity index (χ3v) is 3.59. The van der Waals surface area contributed by atoms with E-state index in [1.165, 1.54) is 24.3 Å². The fourth-order valence-electron chi connectivity index (χ4n) is 2.54. The first-order valence-corrected chi connectivity index (χ1v) is 5.73. The predicted octanol–water partition coefficient (Wildman–Crippen LogP) is 3.05. The van der Waals surface area contributed by atoms with Crippen LogP contribution in [0.25, 0.3) is 0 Å². The highest BCUT2D eigenvalue weighted by molar-refractivity contribution is 5.76. The van der Waals surface area contributed by atoms with Gasteiger partial charge in [0.1, 0.15) is 17.3 Å². The van der Waals surface area contributed by atoms with Gasteiger partial charge in [0, 0.05) is 0 Å². The molecule has 0 bridgehead atoms. The van der Waals surface area contributed by atoms with Gasteiger partial charge in [0.25, 0.3) is 0 Å². The van der Waals surface area contributed by atoms with Crippen molar-refractivity contribution in [3.63, 3.8) is 0 Å². The topological polar surface area (TPSA) is 57.5 Å². The second kappa shape index (κ2) is 4.35. The van der Waals surface area contributed by atoms with Gasteiger partial charge in [-0.1, -0.05) is 25.0 Å². The van der Waals surface area contributed by atoms with Gasteiger partial charge in [-0.15, -0.1) is 0 Å². The molecular weight excluding hydrogens is 223 g/mol. The number of aromatic hydroxyl groups is 1. The maximum absolute atomic E-state index is 14.4. The Morgan fingerprint density at radius 2 is 1.76 bits per heavy atom. The summed E-state index contributed by atoms with van der Waals surface area (Å²) < 4.78 is 14.4. The second-order valence-corrected chi connectivity index (χ2v) is 4.62. The highest BCUT2D eigenvalue weighted by atomic mass is 19.1. The summed E-state index contributed by atoms with van der Waals surface area (Å²) in [7, 11) is 0. The minimum absolute atomic E-state index is 0.0525. The summed E-state index contributed by atoms with van der Waals surface area (Å²) in [5.41, 5.74) is -0.955. The monoisotopic (exact) mass is 238 g/mol. The summed E-state index contributed by atoms with van der Waals surface area (Å²) in [6.45, 7) is 0. The summed E-state index contributed by atoms with van der Waals surface area (Å²) in [5.74, 6) is -1.01. The van der Waals surface area contributed by atoms with E-state index in [1.54, 1.807) is 0 Å². The van der Waals surface area contributed by atoms with E-state index in [0.717, 1.165) is 12.8 Å². The molecule has 1 saturated carbocycles. The van der Waals surface area contributed by atoms with E-state index in [0.29, 0.717) is 18.4 Å². The largest absolute Gasteiger partial charge is 0.508 e. The van der Waals surface area contributed by atoms with E-state index in [2.05, 4.69) is 0 Å². The molecule has 17 heavy (non-hydrogen) atoms. The molecule has 1 aliphatic carbocycles. The average molecular weight is 238 g/mol. The van der Waals surface area contributed by atoms with Crippen LogP contribution in [0.3, 0.4) is 0 Å². The number of alkyl halides is 1. The molecule has 0 amide bonds. The van der Waals surface area contributed by atoms with Crippen LogP contribution in [0.15, 0.2) is 24.3 Å². The maximum Gasteiger partial charge on any atom is 0.312 e. The highest BCUT2D eigenvalue weighted by Gasteiger charge is 2.49. The lowest BCUT2D eigenvalue weighted by atomic mass is 9.78. The van der Waals surface area contributed by atoms with E-state index < -0.39 is 17.6 Å². The minimum Gasteiger partial charge on any atom is -0.508 e. The number of carbonyl (C=O) groups is 1. The molecular formula is C13H15FO3. The number of carboxylic acids is 1. The third-order valence-electron chi connectivity index (χ3n) is 3.59. The molecule has 2 rings (SSSR count). The fraction of sp³-hybridized carbons (Fsp3) is 0.462. The molecule has 4 heteroatoms. The van der Waals surface area contributed by atoms with Gasteiger partial charge < -0.3 is 10.2 Å². The Bertz CT molecular complexity index is 407. The number of phenols is 1. The molecule has 2 N–H and O–H groups in total. The van der Waals surface area contributed by atoms with Gasteiger partial charge >= 0.3 is 5.97 Å². The van der Waals surface area contributed by atoms with Crippen LogP contribution in [0.1, 0.15) is 37.4 Å². The predicted molar refractivity (Wildman–Crippen MR) is 60.5 cm³/mol. The van der Waals surface area contributed by atoms with Crippen molar-refractivity contribution in [1.29, 1.82) is 0 Å². The van der Waals surface area contributed by atoms with Gasteiger partial charge in [-0.25, -0.2) is 4.39 Å². The third kappa shape index (κ3) is 1.99. The number of hydrogen-bond acceptors (Lipinski definition) is 2. The molecule has 0 heterocycles. The zero-order chi connectivity index (χ0) is 12.5. The maximum atomic E-state index is 14.4. The average Bonchev–Trinajstić information content (AvgIpc) is 2.79. The Morgan fingerprint density at radius 1 is 1.24 bits per heavy atom. The number of halogens is 1. The molecule has 1 aromatic rings. The van der Waals surface area contributed by atoms with Crippen LogP contribution in [-0.2, 0) is 4.79 Å². The molecule has 0 aliphatic heterocycles. The van der Waals surface area contributed by atoms with Gasteiger partial charge in [0.05, 0.1) is 0 Å². The van der Waals surface area contributed by atoms with Gasteiger partial charge in [-0.3, -0.25) is 4.79 Å². The van der Waals surface area contributed by atoms with Crippen LogP contribution in [0, 0.1) is 5.41 Å². The molecule has 1 aliphatic rings. The first-order chi connectivity index (χ1) is 8.06. The van der Waals surface area contributed by atoms with E-state index in [9.17, 15) is 14.3 Å². The summed E-state index contributed by atoms with van der Waals surface area (Å²) >= 11 is 0. The summed E-state index contributed by atoms with van der Waals surface area (Å²) in [4.78, 5) is 11.3. The van der Waals surface area contributed by atoms with E-state index in [4.69, 9.17) is 5.11 Å². The second-order valence-electron chi connectivity index (χ2n) is 4.62. The van der Waals surface area contributed by atoms with Gasteiger partial charge in [-0.2, -0.15) is 0 Å². The lowest BCUT2D eigenvalue weighted by molar-refractivity contribution is -0.153. The van der Waals surface area contributed by atoms with Crippen molar-refractivity contribution in [2.75, 3.05) is 0 Å². The molecule has 1 atom stereocenters. The lowest BCUT2D eigenvalue weighted by Gasteiger charge is -2.28. The molecule has 0 aromatic heterocycles. The van der Waals surface area contributed by atoms with E-state index >= 15 is 0 Å². The number of rotatable bonds is 3. The molecule has 1 aromatic carbocycles. The Labute approximate surface area is 98.9 Å². The van der Waals surface area contributed by atoms with E-state index in [-0.39, 0.29) is 5.75 Å². The van der Waals surface area contributed by atoms with Crippen molar-refractivity contribution in [2.24, 2.45) is 5.41 Å². The van der Waals surface area contributed by atoms with Crippen LogP contribution >= 0.6 is 0 Å². The molecule has 0 spiro atoms. The number of hydrogen-bond donors (Lipinski definition) is 2. The first kappa shape index (κ1) is 11.9. The molecule has 0 radical (unpaired) electrons. The normalized spacial score (nSPS) is 20.1. The van der Waals surface area contributed by atoms with Crippen molar-refractivity contribution < 1.29 is 19.4 Å². The summed E-state index contributed by atoms with van der Waals surface area (Å²) in [5, 5.41) is 18.4. The zero-order valence-corrected chi connectivity index (χ0v) is 9.40. The molecule has 3 nitrogen and oxygen atoms in total. The summed E-state index contributed by atoms with van der Waals surface area (Å²) in [6, 6.07) is 5.66. The molecule has 92 valence electrons. The standard InChI is InChI=1S/C13H15FO3/c14-11(9-3-5-10(15)6-4-9)13(12(16)17)7-1-2-8-13/h3-6,11,15H,1-2,7-8H2,(H,16,17). The van der Waals surface area contributed by atoms with Crippen molar-refractivity contribution in [1.82, 2.24) is 0 Å². The van der Waals surface area contributed by atoms with Crippen LogP contribution < -0.4 is 0 Å². The SMILES string of the molecule is O=C(O)C1(C(F)c2ccc(O)cc2)CCCC1. The molecule has 1 unspecified atom stereocenters. The van der Waals surface area contributed by atoms with Crippen molar-refractivity contribution >= 4 is 5.97 Å². The summed E-state index contributed by atoms with van der Waals surface area (Å²) in [6.07, 6.45) is 0.757. The van der Waals surface area contributed by atoms with Crippen LogP contribution in [0.5, 0.6) is 5.75 Å². The Morgan fingerprint density at radius 3 is 2.24 bits per heavy atom. The fourth-order valence-corrected chi connectivity index (χ4v) is 2.54. The van der Waals surface area contributed by atoms with Crippen LogP contribution in [-0.4, -0.2) is 16.2 Å². The van der Waals surface area contributed by atoms with Crippen LogP contribution in [0.2, 0.25) is 0 Å². The Balaban J connectivity index is 2.31. The van der Waals surface area contributed by atoms with Gasteiger partial charge in [0.15, 0.2) is 0 Å². The van der Waals surface area contributed by atoms with Crippen molar-refractivity contribution in [3.05, 3.63) is 29.8 Å². The van der Waals surface area contributed by atoms with Gasteiger partial charge in [0.2, 0.25) is 0 Å². The number of benzene rings is 1. The smallest absolute Gasteiger partial charge is 0.312 e. The van der Waals surface area contributed by atoms with Crippen molar-refractivity contribution in [3.8, 4) is 5.75 Å².